The van der Waals surface area contributed by atoms with Crippen molar-refractivity contribution in [1.82, 2.24) is 14.9 Å². The monoisotopic (exact) mass is 320 g/mol. The molecule has 1 unspecified atom stereocenters. The maximum Gasteiger partial charge on any atom is 0.248 e. The predicted molar refractivity (Wildman–Crippen MR) is 85.3 cm³/mol. The molecule has 0 radical (unpaired) electrons. The first kappa shape index (κ1) is 16.1. The Kier molecular flexibility index (Phi) is 5.07. The van der Waals surface area contributed by atoms with Crippen LogP contribution in [0.15, 0.2) is 6.33 Å². The van der Waals surface area contributed by atoms with Crippen LogP contribution in [0.3, 0.4) is 0 Å². The van der Waals surface area contributed by atoms with E-state index < -0.39 is 0 Å². The second-order valence-electron chi connectivity index (χ2n) is 6.23. The highest BCUT2D eigenvalue weighted by molar-refractivity contribution is 5.77. The summed E-state index contributed by atoms with van der Waals surface area (Å²) in [6, 6.07) is 0. The Hall–Kier alpha value is -1.73. The zero-order valence-corrected chi connectivity index (χ0v) is 13.8. The lowest BCUT2D eigenvalue weighted by molar-refractivity contribution is -0.138. The number of fused-ring (bicyclic) bond motifs is 1. The number of aromatic nitrogens is 2. The van der Waals surface area contributed by atoms with Gasteiger partial charge in [0.15, 0.2) is 0 Å². The van der Waals surface area contributed by atoms with Gasteiger partial charge in [-0.05, 0) is 19.3 Å². The van der Waals surface area contributed by atoms with Gasteiger partial charge in [-0.2, -0.15) is 0 Å². The summed E-state index contributed by atoms with van der Waals surface area (Å²) in [6.45, 7) is 2.63. The molecule has 23 heavy (non-hydrogen) atoms. The smallest absolute Gasteiger partial charge is 0.248 e. The van der Waals surface area contributed by atoms with E-state index in [2.05, 4.69) is 9.97 Å². The van der Waals surface area contributed by atoms with E-state index >= 15 is 0 Å². The van der Waals surface area contributed by atoms with Crippen molar-refractivity contribution in [3.8, 4) is 0 Å². The summed E-state index contributed by atoms with van der Waals surface area (Å²) in [5.41, 5.74) is 2.07. The molecule has 1 aromatic rings. The van der Waals surface area contributed by atoms with Crippen molar-refractivity contribution in [3.05, 3.63) is 17.6 Å². The number of rotatable bonds is 5. The molecule has 3 heterocycles. The van der Waals surface area contributed by atoms with E-state index in [1.807, 2.05) is 23.9 Å². The predicted octanol–water partition coefficient (Wildman–Crippen LogP) is 0.623. The number of carbonyl (C=O) groups excluding carboxylic acids is 1. The topological polar surface area (TPSA) is 67.8 Å². The van der Waals surface area contributed by atoms with Crippen molar-refractivity contribution < 1.29 is 14.3 Å². The third-order valence-electron chi connectivity index (χ3n) is 4.31. The number of anilines is 1. The van der Waals surface area contributed by atoms with Gasteiger partial charge in [-0.15, -0.1) is 0 Å². The minimum absolute atomic E-state index is 0.0127. The van der Waals surface area contributed by atoms with Crippen LogP contribution in [0.25, 0.3) is 0 Å². The van der Waals surface area contributed by atoms with Crippen LogP contribution in [-0.4, -0.2) is 67.3 Å². The molecule has 1 amide bonds. The van der Waals surface area contributed by atoms with Crippen LogP contribution in [0.4, 0.5) is 5.82 Å². The van der Waals surface area contributed by atoms with Crippen molar-refractivity contribution in [2.75, 3.05) is 45.4 Å². The lowest BCUT2D eigenvalue weighted by Gasteiger charge is -2.30. The minimum Gasteiger partial charge on any atom is -0.376 e. The number of hydrogen-bond donors (Lipinski definition) is 0. The standard InChI is InChI=1S/C16H24N4O3/c1-19(2)16-13-5-6-20(8-14(13)17-11-18-16)15(21)10-22-9-12-4-3-7-23-12/h11-12H,3-10H2,1-2H3. The highest BCUT2D eigenvalue weighted by Gasteiger charge is 2.25. The molecule has 0 spiro atoms. The molecule has 2 aliphatic rings. The lowest BCUT2D eigenvalue weighted by Crippen LogP contribution is -2.39. The summed E-state index contributed by atoms with van der Waals surface area (Å²) < 4.78 is 11.0. The van der Waals surface area contributed by atoms with Crippen molar-refractivity contribution in [2.45, 2.75) is 31.9 Å². The number of nitrogens with zero attached hydrogens (tertiary/aromatic N) is 4. The van der Waals surface area contributed by atoms with Gasteiger partial charge in [0, 0.05) is 32.8 Å². The van der Waals surface area contributed by atoms with Gasteiger partial charge >= 0.3 is 0 Å². The molecule has 7 nitrogen and oxygen atoms in total. The molecule has 7 heteroatoms. The van der Waals surface area contributed by atoms with Gasteiger partial charge in [0.1, 0.15) is 18.8 Å². The van der Waals surface area contributed by atoms with Crippen LogP contribution >= 0.6 is 0 Å². The highest BCUT2D eigenvalue weighted by atomic mass is 16.5. The second-order valence-corrected chi connectivity index (χ2v) is 6.23. The average molecular weight is 320 g/mol. The Labute approximate surface area is 136 Å². The molecule has 0 saturated carbocycles. The van der Waals surface area contributed by atoms with Crippen LogP contribution in [0.1, 0.15) is 24.1 Å². The summed E-state index contributed by atoms with van der Waals surface area (Å²) in [7, 11) is 3.94. The summed E-state index contributed by atoms with van der Waals surface area (Å²) in [4.78, 5) is 24.8. The summed E-state index contributed by atoms with van der Waals surface area (Å²) in [6.07, 6.45) is 4.60. The zero-order valence-electron chi connectivity index (χ0n) is 13.8. The van der Waals surface area contributed by atoms with Crippen LogP contribution < -0.4 is 4.90 Å². The third-order valence-corrected chi connectivity index (χ3v) is 4.31. The summed E-state index contributed by atoms with van der Waals surface area (Å²) in [5.74, 6) is 0.954. The van der Waals surface area contributed by atoms with E-state index in [-0.39, 0.29) is 18.6 Å². The Bertz CT molecular complexity index is 558. The van der Waals surface area contributed by atoms with E-state index in [0.29, 0.717) is 19.7 Å². The summed E-state index contributed by atoms with van der Waals surface area (Å²) in [5, 5.41) is 0. The fraction of sp³-hybridized carbons (Fsp3) is 0.688. The van der Waals surface area contributed by atoms with Crippen molar-refractivity contribution in [2.24, 2.45) is 0 Å². The summed E-state index contributed by atoms with van der Waals surface area (Å²) >= 11 is 0. The lowest BCUT2D eigenvalue weighted by atomic mass is 10.1. The number of hydrogen-bond acceptors (Lipinski definition) is 6. The molecule has 0 aliphatic carbocycles. The quantitative estimate of drug-likeness (QED) is 0.792. The fourth-order valence-corrected chi connectivity index (χ4v) is 3.08. The van der Waals surface area contributed by atoms with E-state index in [4.69, 9.17) is 9.47 Å². The number of ether oxygens (including phenoxy) is 2. The molecule has 2 aliphatic heterocycles. The molecule has 3 rings (SSSR count). The van der Waals surface area contributed by atoms with Gasteiger partial charge in [0.2, 0.25) is 5.91 Å². The van der Waals surface area contributed by atoms with Crippen molar-refractivity contribution in [1.29, 1.82) is 0 Å². The molecule has 0 bridgehead atoms. The molecular formula is C16H24N4O3. The number of carbonyl (C=O) groups is 1. The SMILES string of the molecule is CN(C)c1ncnc2c1CCN(C(=O)COCC1CCCO1)C2. The van der Waals surface area contributed by atoms with E-state index in [1.54, 1.807) is 6.33 Å². The fourth-order valence-electron chi connectivity index (χ4n) is 3.08. The molecule has 126 valence electrons. The first-order valence-electron chi connectivity index (χ1n) is 8.12. The molecule has 1 aromatic heterocycles. The normalized spacial score (nSPS) is 20.4. The molecule has 1 atom stereocenters. The maximum atomic E-state index is 12.3. The van der Waals surface area contributed by atoms with E-state index in [9.17, 15) is 4.79 Å². The Morgan fingerprint density at radius 3 is 3.09 bits per heavy atom. The van der Waals surface area contributed by atoms with Crippen LogP contribution in [0.5, 0.6) is 0 Å². The van der Waals surface area contributed by atoms with Gasteiger partial charge in [-0.1, -0.05) is 0 Å². The molecular weight excluding hydrogens is 296 g/mol. The first-order valence-corrected chi connectivity index (χ1v) is 8.12. The molecule has 0 aromatic carbocycles. The zero-order chi connectivity index (χ0) is 16.2. The Balaban J connectivity index is 1.54. The van der Waals surface area contributed by atoms with Crippen molar-refractivity contribution >= 4 is 11.7 Å². The Morgan fingerprint density at radius 2 is 2.35 bits per heavy atom. The number of amides is 1. The van der Waals surface area contributed by atoms with Gasteiger partial charge in [-0.25, -0.2) is 9.97 Å². The third kappa shape index (κ3) is 3.79. The minimum atomic E-state index is 0.0127. The molecule has 0 N–H and O–H groups in total. The molecule has 1 saturated heterocycles. The van der Waals surface area contributed by atoms with Crippen molar-refractivity contribution in [3.63, 3.8) is 0 Å². The first-order chi connectivity index (χ1) is 11.1. The second kappa shape index (κ2) is 7.23. The molecule has 1 fully saturated rings. The van der Waals surface area contributed by atoms with E-state index in [0.717, 1.165) is 42.9 Å². The van der Waals surface area contributed by atoms with Crippen LogP contribution in [-0.2, 0) is 27.2 Å². The van der Waals surface area contributed by atoms with Gasteiger partial charge in [0.05, 0.1) is 24.9 Å². The van der Waals surface area contributed by atoms with Crippen LogP contribution in [0, 0.1) is 0 Å². The van der Waals surface area contributed by atoms with Gasteiger partial charge in [-0.3, -0.25) is 4.79 Å². The average Bonchev–Trinajstić information content (AvgIpc) is 3.06. The Morgan fingerprint density at radius 1 is 1.48 bits per heavy atom. The van der Waals surface area contributed by atoms with Crippen LogP contribution in [0.2, 0.25) is 0 Å². The van der Waals surface area contributed by atoms with E-state index in [1.165, 1.54) is 0 Å². The maximum absolute atomic E-state index is 12.3. The van der Waals surface area contributed by atoms with Gasteiger partial charge < -0.3 is 19.3 Å². The highest BCUT2D eigenvalue weighted by Crippen LogP contribution is 2.24. The van der Waals surface area contributed by atoms with Gasteiger partial charge in [0.25, 0.3) is 0 Å². The largest absolute Gasteiger partial charge is 0.376 e.